The molecule has 0 aromatic heterocycles. The van der Waals surface area contributed by atoms with Crippen molar-refractivity contribution >= 4 is 18.3 Å². The molecule has 5 heteroatoms. The van der Waals surface area contributed by atoms with E-state index in [1.165, 1.54) is 0 Å². The quantitative estimate of drug-likeness (QED) is 0.825. The fourth-order valence-corrected chi connectivity index (χ4v) is 1.44. The lowest BCUT2D eigenvalue weighted by molar-refractivity contribution is -0.122. The van der Waals surface area contributed by atoms with Crippen LogP contribution < -0.4 is 15.8 Å². The van der Waals surface area contributed by atoms with Gasteiger partial charge in [-0.2, -0.15) is 0 Å². The average Bonchev–Trinajstić information content (AvgIpc) is 2.38. The molecule has 0 saturated carbocycles. The molecule has 1 amide bonds. The van der Waals surface area contributed by atoms with E-state index < -0.39 is 6.04 Å². The van der Waals surface area contributed by atoms with E-state index in [0.29, 0.717) is 13.0 Å². The molecule has 0 saturated heterocycles. The van der Waals surface area contributed by atoms with E-state index in [1.54, 1.807) is 7.11 Å². The number of rotatable bonds is 6. The molecule has 0 fully saturated rings. The highest BCUT2D eigenvalue weighted by Crippen LogP contribution is 2.11. The Bertz CT molecular complexity index is 355. The van der Waals surface area contributed by atoms with Gasteiger partial charge in [-0.1, -0.05) is 19.1 Å². The number of carbonyl (C=O) groups excluding carboxylic acids is 1. The fraction of sp³-hybridized carbons (Fsp3) is 0.462. The Morgan fingerprint density at radius 2 is 2.00 bits per heavy atom. The summed E-state index contributed by atoms with van der Waals surface area (Å²) in [5, 5.41) is 2.82. The molecular weight excluding hydrogens is 252 g/mol. The first kappa shape index (κ1) is 16.7. The standard InChI is InChI=1S/C13H20N2O2.ClH/c1-3-12(14)13(16)15-9-8-10-4-6-11(17-2)7-5-10;/h4-7,12H,3,8-9,14H2,1-2H3,(H,15,16);1H/t12-;/m0./s1. The molecule has 0 spiro atoms. The Morgan fingerprint density at radius 1 is 1.39 bits per heavy atom. The van der Waals surface area contributed by atoms with Crippen molar-refractivity contribution in [2.24, 2.45) is 5.73 Å². The van der Waals surface area contributed by atoms with E-state index in [2.05, 4.69) is 5.32 Å². The number of halogens is 1. The highest BCUT2D eigenvalue weighted by molar-refractivity contribution is 5.85. The third kappa shape index (κ3) is 5.38. The van der Waals surface area contributed by atoms with Gasteiger partial charge in [0, 0.05) is 6.54 Å². The van der Waals surface area contributed by atoms with E-state index in [4.69, 9.17) is 10.5 Å². The lowest BCUT2D eigenvalue weighted by Crippen LogP contribution is -2.40. The van der Waals surface area contributed by atoms with E-state index in [-0.39, 0.29) is 18.3 Å². The van der Waals surface area contributed by atoms with Crippen LogP contribution in [0.15, 0.2) is 24.3 Å². The van der Waals surface area contributed by atoms with Gasteiger partial charge in [-0.3, -0.25) is 4.79 Å². The summed E-state index contributed by atoms with van der Waals surface area (Å²) in [7, 11) is 1.64. The number of nitrogens with one attached hydrogen (secondary N) is 1. The zero-order valence-corrected chi connectivity index (χ0v) is 11.6. The van der Waals surface area contributed by atoms with Crippen LogP contribution in [0.5, 0.6) is 5.75 Å². The van der Waals surface area contributed by atoms with Crippen LogP contribution in [0.1, 0.15) is 18.9 Å². The third-order valence-corrected chi connectivity index (χ3v) is 2.65. The molecule has 0 aliphatic rings. The van der Waals surface area contributed by atoms with E-state index in [1.807, 2.05) is 31.2 Å². The van der Waals surface area contributed by atoms with Crippen molar-refractivity contribution in [3.8, 4) is 5.75 Å². The van der Waals surface area contributed by atoms with Crippen LogP contribution in [0.3, 0.4) is 0 Å². The molecule has 0 bridgehead atoms. The predicted molar refractivity (Wildman–Crippen MR) is 75.2 cm³/mol. The minimum absolute atomic E-state index is 0. The SMILES string of the molecule is CC[C@H](N)C(=O)NCCc1ccc(OC)cc1.Cl. The van der Waals surface area contributed by atoms with Crippen molar-refractivity contribution in [2.45, 2.75) is 25.8 Å². The molecule has 0 aliphatic carbocycles. The van der Waals surface area contributed by atoms with Gasteiger partial charge in [0.05, 0.1) is 13.2 Å². The summed E-state index contributed by atoms with van der Waals surface area (Å²) in [6.45, 7) is 2.51. The first-order valence-corrected chi connectivity index (χ1v) is 5.83. The van der Waals surface area contributed by atoms with Crippen molar-refractivity contribution in [3.63, 3.8) is 0 Å². The van der Waals surface area contributed by atoms with Gasteiger partial charge in [0.15, 0.2) is 0 Å². The summed E-state index contributed by atoms with van der Waals surface area (Å²) >= 11 is 0. The second-order valence-corrected chi connectivity index (χ2v) is 3.90. The zero-order valence-electron chi connectivity index (χ0n) is 10.8. The normalized spacial score (nSPS) is 11.3. The number of methoxy groups -OCH3 is 1. The van der Waals surface area contributed by atoms with Gasteiger partial charge in [-0.25, -0.2) is 0 Å². The van der Waals surface area contributed by atoms with E-state index in [9.17, 15) is 4.79 Å². The van der Waals surface area contributed by atoms with Crippen LogP contribution in [-0.2, 0) is 11.2 Å². The molecule has 4 nitrogen and oxygen atoms in total. The van der Waals surface area contributed by atoms with E-state index in [0.717, 1.165) is 17.7 Å². The predicted octanol–water partition coefficient (Wildman–Crippen LogP) is 1.51. The van der Waals surface area contributed by atoms with Gasteiger partial charge in [-0.05, 0) is 30.5 Å². The van der Waals surface area contributed by atoms with Crippen LogP contribution >= 0.6 is 12.4 Å². The van der Waals surface area contributed by atoms with Crippen LogP contribution in [0.25, 0.3) is 0 Å². The average molecular weight is 273 g/mol. The molecule has 1 aromatic carbocycles. The number of hydrogen-bond donors (Lipinski definition) is 2. The first-order valence-electron chi connectivity index (χ1n) is 5.83. The maximum atomic E-state index is 11.4. The van der Waals surface area contributed by atoms with Gasteiger partial charge in [0.2, 0.25) is 5.91 Å². The summed E-state index contributed by atoms with van der Waals surface area (Å²) in [6.07, 6.45) is 1.46. The van der Waals surface area contributed by atoms with Crippen molar-refractivity contribution < 1.29 is 9.53 Å². The number of benzene rings is 1. The van der Waals surface area contributed by atoms with Crippen LogP contribution in [0.2, 0.25) is 0 Å². The van der Waals surface area contributed by atoms with Crippen molar-refractivity contribution in [2.75, 3.05) is 13.7 Å². The molecule has 1 atom stereocenters. The maximum Gasteiger partial charge on any atom is 0.236 e. The minimum Gasteiger partial charge on any atom is -0.497 e. The van der Waals surface area contributed by atoms with Gasteiger partial charge in [-0.15, -0.1) is 12.4 Å². The van der Waals surface area contributed by atoms with Crippen molar-refractivity contribution in [3.05, 3.63) is 29.8 Å². The summed E-state index contributed by atoms with van der Waals surface area (Å²) in [6, 6.07) is 7.41. The first-order chi connectivity index (χ1) is 8.17. The van der Waals surface area contributed by atoms with Gasteiger partial charge in [0.1, 0.15) is 5.75 Å². The summed E-state index contributed by atoms with van der Waals surface area (Å²) < 4.78 is 5.07. The Kier molecular flexibility index (Phi) is 8.16. The number of ether oxygens (including phenoxy) is 1. The van der Waals surface area contributed by atoms with Crippen LogP contribution in [0.4, 0.5) is 0 Å². The molecule has 18 heavy (non-hydrogen) atoms. The largest absolute Gasteiger partial charge is 0.497 e. The van der Waals surface area contributed by atoms with Crippen molar-refractivity contribution in [1.82, 2.24) is 5.32 Å². The van der Waals surface area contributed by atoms with E-state index >= 15 is 0 Å². The minimum atomic E-state index is -0.397. The van der Waals surface area contributed by atoms with Crippen LogP contribution in [-0.4, -0.2) is 25.6 Å². The Balaban J connectivity index is 0.00000289. The topological polar surface area (TPSA) is 64.4 Å². The molecule has 0 unspecified atom stereocenters. The molecule has 1 rings (SSSR count). The number of nitrogens with two attached hydrogens (primary N) is 1. The number of amides is 1. The van der Waals surface area contributed by atoms with Crippen molar-refractivity contribution in [1.29, 1.82) is 0 Å². The molecule has 0 radical (unpaired) electrons. The molecule has 0 heterocycles. The van der Waals surface area contributed by atoms with Gasteiger partial charge in [0.25, 0.3) is 0 Å². The molecule has 1 aromatic rings. The summed E-state index contributed by atoms with van der Waals surface area (Å²) in [4.78, 5) is 11.4. The van der Waals surface area contributed by atoms with Gasteiger partial charge < -0.3 is 15.8 Å². The zero-order chi connectivity index (χ0) is 12.7. The smallest absolute Gasteiger partial charge is 0.236 e. The monoisotopic (exact) mass is 272 g/mol. The molecule has 102 valence electrons. The molecule has 0 aliphatic heterocycles. The Labute approximate surface area is 114 Å². The highest BCUT2D eigenvalue weighted by Gasteiger charge is 2.09. The number of hydrogen-bond acceptors (Lipinski definition) is 3. The lowest BCUT2D eigenvalue weighted by Gasteiger charge is -2.10. The summed E-state index contributed by atoms with van der Waals surface area (Å²) in [5.74, 6) is 0.756. The lowest BCUT2D eigenvalue weighted by atomic mass is 10.1. The van der Waals surface area contributed by atoms with Crippen LogP contribution in [0, 0.1) is 0 Å². The Hall–Kier alpha value is -1.26. The Morgan fingerprint density at radius 3 is 2.50 bits per heavy atom. The highest BCUT2D eigenvalue weighted by atomic mass is 35.5. The maximum absolute atomic E-state index is 11.4. The third-order valence-electron chi connectivity index (χ3n) is 2.65. The number of carbonyl (C=O) groups is 1. The second kappa shape index (κ2) is 8.78. The molecule has 3 N–H and O–H groups in total. The van der Waals surface area contributed by atoms with Gasteiger partial charge >= 0.3 is 0 Å². The molecular formula is C13H21ClN2O2. The summed E-state index contributed by atoms with van der Waals surface area (Å²) in [5.41, 5.74) is 6.77. The second-order valence-electron chi connectivity index (χ2n) is 3.90. The fourth-order valence-electron chi connectivity index (χ4n) is 1.44.